The van der Waals surface area contributed by atoms with Gasteiger partial charge in [-0.3, -0.25) is 4.79 Å². The van der Waals surface area contributed by atoms with E-state index >= 15 is 0 Å². The van der Waals surface area contributed by atoms with Gasteiger partial charge < -0.3 is 4.43 Å². The Morgan fingerprint density at radius 2 is 2.00 bits per heavy atom. The number of hydrogen-bond acceptors (Lipinski definition) is 2. The first-order valence-electron chi connectivity index (χ1n) is 5.42. The summed E-state index contributed by atoms with van der Waals surface area (Å²) in [5.41, 5.74) is -1.58. The minimum atomic E-state index is -2.13. The molecule has 0 aliphatic rings. The third-order valence-corrected chi connectivity index (χ3v) is 3.64. The zero-order valence-corrected chi connectivity index (χ0v) is 12.2. The predicted molar refractivity (Wildman–Crippen MR) is 69.3 cm³/mol. The number of carbonyl (C=O) groups excluding carboxylic acids is 1. The van der Waals surface area contributed by atoms with E-state index in [9.17, 15) is 13.6 Å². The second-order valence-electron chi connectivity index (χ2n) is 4.98. The molecule has 2 nitrogen and oxygen atoms in total. The molecule has 0 N–H and O–H groups in total. The molecule has 6 heteroatoms. The molecule has 1 atom stereocenters. The van der Waals surface area contributed by atoms with Crippen LogP contribution < -0.4 is 0 Å². The Bertz CT molecular complexity index is 448. The van der Waals surface area contributed by atoms with Gasteiger partial charge in [-0.15, -0.1) is 11.6 Å². The van der Waals surface area contributed by atoms with E-state index in [0.717, 1.165) is 6.07 Å². The van der Waals surface area contributed by atoms with Crippen LogP contribution in [-0.2, 0) is 14.8 Å². The second-order valence-corrected chi connectivity index (χ2v) is 9.68. The van der Waals surface area contributed by atoms with Gasteiger partial charge in [0.1, 0.15) is 11.6 Å². The first-order chi connectivity index (χ1) is 8.24. The molecule has 0 amide bonds. The molecule has 1 aromatic rings. The van der Waals surface area contributed by atoms with Crippen LogP contribution in [0.1, 0.15) is 5.56 Å². The van der Waals surface area contributed by atoms with Gasteiger partial charge in [-0.05, 0) is 31.8 Å². The summed E-state index contributed by atoms with van der Waals surface area (Å²) in [4.78, 5) is 11.3. The predicted octanol–water partition coefficient (Wildman–Crippen LogP) is 3.45. The minimum Gasteiger partial charge on any atom is -0.401 e. The zero-order valence-electron chi connectivity index (χ0n) is 10.5. The molecule has 0 bridgehead atoms. The van der Waals surface area contributed by atoms with Crippen LogP contribution in [0.4, 0.5) is 8.78 Å². The minimum absolute atomic E-state index is 0.0312. The molecule has 0 aliphatic heterocycles. The molecule has 1 rings (SSSR count). The van der Waals surface area contributed by atoms with Gasteiger partial charge in [0, 0.05) is 11.6 Å². The van der Waals surface area contributed by atoms with Crippen molar-refractivity contribution < 1.29 is 18.0 Å². The van der Waals surface area contributed by atoms with Crippen molar-refractivity contribution in [3.63, 3.8) is 0 Å². The molecular weight excluding hydrogens is 278 g/mol. The maximum atomic E-state index is 13.8. The van der Waals surface area contributed by atoms with E-state index < -0.39 is 25.6 Å². The quantitative estimate of drug-likeness (QED) is 0.472. The summed E-state index contributed by atoms with van der Waals surface area (Å²) in [6.07, 6.45) is 0.481. The lowest BCUT2D eigenvalue weighted by Gasteiger charge is -2.33. The van der Waals surface area contributed by atoms with Crippen molar-refractivity contribution in [1.82, 2.24) is 0 Å². The third kappa shape index (κ3) is 3.37. The van der Waals surface area contributed by atoms with Gasteiger partial charge in [-0.2, -0.15) is 0 Å². The molecule has 0 radical (unpaired) electrons. The Kier molecular flexibility index (Phi) is 4.64. The number of hydrogen-bond donors (Lipinski definition) is 0. The third-order valence-electron chi connectivity index (χ3n) is 2.26. The average molecular weight is 293 g/mol. The highest BCUT2D eigenvalue weighted by Crippen LogP contribution is 2.31. The number of rotatable bonds is 5. The van der Waals surface area contributed by atoms with Crippen LogP contribution in [-0.4, -0.2) is 20.5 Å². The van der Waals surface area contributed by atoms with Gasteiger partial charge >= 0.3 is 0 Å². The first-order valence-corrected chi connectivity index (χ1v) is 9.36. The van der Waals surface area contributed by atoms with E-state index in [0.29, 0.717) is 12.4 Å². The van der Waals surface area contributed by atoms with Crippen molar-refractivity contribution in [3.8, 4) is 0 Å². The lowest BCUT2D eigenvalue weighted by molar-refractivity contribution is -0.121. The second kappa shape index (κ2) is 5.46. The summed E-state index contributed by atoms with van der Waals surface area (Å²) >= 11 is 5.78. The van der Waals surface area contributed by atoms with Crippen LogP contribution in [0.25, 0.3) is 0 Å². The normalized spacial score (nSPS) is 15.2. The number of halogens is 3. The van der Waals surface area contributed by atoms with Crippen molar-refractivity contribution in [2.75, 3.05) is 5.88 Å². The standard InChI is InChI=1S/C12H15ClF2O2Si/c1-18(2,3)17-12(7-13,8-16)10-5-4-9(14)6-11(10)15/h4-6,8H,7H2,1-3H3. The van der Waals surface area contributed by atoms with Crippen LogP contribution in [0.15, 0.2) is 18.2 Å². The Labute approximate surface area is 111 Å². The highest BCUT2D eigenvalue weighted by Gasteiger charge is 2.39. The monoisotopic (exact) mass is 292 g/mol. The molecule has 0 fully saturated rings. The van der Waals surface area contributed by atoms with Gasteiger partial charge in [-0.1, -0.05) is 0 Å². The van der Waals surface area contributed by atoms with Crippen LogP contribution in [0.5, 0.6) is 0 Å². The number of alkyl halides is 1. The SMILES string of the molecule is C[Si](C)(C)OC(C=O)(CCl)c1ccc(F)cc1F. The van der Waals surface area contributed by atoms with Gasteiger partial charge in [0.2, 0.25) is 0 Å². The van der Waals surface area contributed by atoms with Crippen molar-refractivity contribution >= 4 is 26.2 Å². The van der Waals surface area contributed by atoms with Crippen LogP contribution in [0, 0.1) is 11.6 Å². The van der Waals surface area contributed by atoms with Crippen LogP contribution in [0.3, 0.4) is 0 Å². The topological polar surface area (TPSA) is 26.3 Å². The summed E-state index contributed by atoms with van der Waals surface area (Å²) in [5.74, 6) is -1.76. The van der Waals surface area contributed by atoms with Gasteiger partial charge in [-0.25, -0.2) is 8.78 Å². The van der Waals surface area contributed by atoms with Crippen LogP contribution >= 0.6 is 11.6 Å². The molecule has 0 heterocycles. The average Bonchev–Trinajstić information content (AvgIpc) is 2.25. The molecule has 0 aromatic heterocycles. The molecule has 1 unspecified atom stereocenters. The Morgan fingerprint density at radius 3 is 2.39 bits per heavy atom. The maximum Gasteiger partial charge on any atom is 0.185 e. The van der Waals surface area contributed by atoms with Crippen molar-refractivity contribution in [3.05, 3.63) is 35.4 Å². The van der Waals surface area contributed by atoms with Crippen molar-refractivity contribution in [1.29, 1.82) is 0 Å². The Morgan fingerprint density at radius 1 is 1.39 bits per heavy atom. The smallest absolute Gasteiger partial charge is 0.185 e. The summed E-state index contributed by atoms with van der Waals surface area (Å²) < 4.78 is 32.4. The van der Waals surface area contributed by atoms with Crippen molar-refractivity contribution in [2.24, 2.45) is 0 Å². The summed E-state index contributed by atoms with van der Waals surface area (Å²) in [6, 6.07) is 2.99. The molecule has 0 saturated heterocycles. The van der Waals surface area contributed by atoms with Crippen LogP contribution in [0.2, 0.25) is 19.6 Å². The number of carbonyl (C=O) groups is 1. The highest BCUT2D eigenvalue weighted by molar-refractivity contribution is 6.70. The fraction of sp³-hybridized carbons (Fsp3) is 0.417. The van der Waals surface area contributed by atoms with E-state index in [1.165, 1.54) is 6.07 Å². The largest absolute Gasteiger partial charge is 0.401 e. The lowest BCUT2D eigenvalue weighted by atomic mass is 9.97. The lowest BCUT2D eigenvalue weighted by Crippen LogP contribution is -2.44. The van der Waals surface area contributed by atoms with E-state index in [4.69, 9.17) is 16.0 Å². The Balaban J connectivity index is 3.30. The Hall–Kier alpha value is -0.783. The van der Waals surface area contributed by atoms with E-state index in [1.807, 2.05) is 19.6 Å². The van der Waals surface area contributed by atoms with Gasteiger partial charge in [0.05, 0.1) is 5.88 Å². The van der Waals surface area contributed by atoms with Crippen molar-refractivity contribution in [2.45, 2.75) is 25.2 Å². The molecule has 0 spiro atoms. The molecule has 100 valence electrons. The van der Waals surface area contributed by atoms with E-state index in [1.54, 1.807) is 0 Å². The maximum absolute atomic E-state index is 13.8. The summed E-state index contributed by atoms with van der Waals surface area (Å²) in [6.45, 7) is 5.58. The van der Waals surface area contributed by atoms with E-state index in [2.05, 4.69) is 0 Å². The molecule has 0 saturated carbocycles. The molecular formula is C12H15ClF2O2Si. The fourth-order valence-corrected chi connectivity index (χ4v) is 3.33. The fourth-order valence-electron chi connectivity index (χ4n) is 1.65. The number of benzene rings is 1. The van der Waals surface area contributed by atoms with Gasteiger partial charge in [0.25, 0.3) is 0 Å². The van der Waals surface area contributed by atoms with E-state index in [-0.39, 0.29) is 11.4 Å². The summed E-state index contributed by atoms with van der Waals surface area (Å²) in [5, 5.41) is 0. The molecule has 0 aliphatic carbocycles. The summed E-state index contributed by atoms with van der Waals surface area (Å²) in [7, 11) is -2.13. The first kappa shape index (κ1) is 15.3. The highest BCUT2D eigenvalue weighted by atomic mass is 35.5. The molecule has 1 aromatic carbocycles. The van der Waals surface area contributed by atoms with Gasteiger partial charge in [0.15, 0.2) is 20.2 Å². The molecule has 18 heavy (non-hydrogen) atoms. The zero-order chi connectivity index (χ0) is 14.0. The number of aldehydes is 1.